The quantitative estimate of drug-likeness (QED) is 0.153. The van der Waals surface area contributed by atoms with Gasteiger partial charge in [0.1, 0.15) is 0 Å². The SMILES string of the molecule is C1=Cc2c(c3ccccc3n2-c2cc(C3=c4ccccc4=C(c4ccc(-c5cc(-c6ccccc6)nc6ccc7ccccc7c56)cc4)CC3)cc(-n3c4c(c5ccccc53)C=CCC4)c2)CC1. The summed E-state index contributed by atoms with van der Waals surface area (Å²) in [5, 5.41) is 8.96. The molecule has 0 saturated heterocycles. The number of pyridine rings is 1. The van der Waals surface area contributed by atoms with Gasteiger partial charge in [-0.3, -0.25) is 0 Å². The molecule has 0 fully saturated rings. The number of rotatable bonds is 6. The Labute approximate surface area is 395 Å². The van der Waals surface area contributed by atoms with Crippen LogP contribution < -0.4 is 10.4 Å². The molecule has 0 N–H and O–H groups in total. The van der Waals surface area contributed by atoms with Crippen LogP contribution in [0.4, 0.5) is 0 Å². The molecular formula is C65H47N3. The molecule has 3 heterocycles. The molecule has 3 nitrogen and oxygen atoms in total. The van der Waals surface area contributed by atoms with Gasteiger partial charge in [-0.15, -0.1) is 0 Å². The number of aryl methyl sites for hydroxylation is 1. The number of aromatic nitrogens is 3. The minimum absolute atomic E-state index is 0.941. The summed E-state index contributed by atoms with van der Waals surface area (Å²) in [4.78, 5) is 5.22. The highest BCUT2D eigenvalue weighted by molar-refractivity contribution is 6.14. The zero-order chi connectivity index (χ0) is 44.7. The van der Waals surface area contributed by atoms with E-state index < -0.39 is 0 Å². The third-order valence-electron chi connectivity index (χ3n) is 15.0. The zero-order valence-electron chi connectivity index (χ0n) is 37.8. The van der Waals surface area contributed by atoms with E-state index in [-0.39, 0.29) is 0 Å². The van der Waals surface area contributed by atoms with E-state index in [2.05, 4.69) is 221 Å². The number of para-hydroxylation sites is 2. The number of allylic oxidation sites excluding steroid dienone is 2. The number of hydrogen-bond donors (Lipinski definition) is 0. The highest BCUT2D eigenvalue weighted by Crippen LogP contribution is 2.41. The Bertz CT molecular complexity index is 4060. The van der Waals surface area contributed by atoms with Gasteiger partial charge in [-0.25, -0.2) is 4.98 Å². The maximum absolute atomic E-state index is 5.22. The number of hydrogen-bond acceptors (Lipinski definition) is 1. The Morgan fingerprint density at radius 3 is 1.87 bits per heavy atom. The van der Waals surface area contributed by atoms with Crippen molar-refractivity contribution < 1.29 is 0 Å². The normalized spacial score (nSPS) is 14.2. The van der Waals surface area contributed by atoms with E-state index in [1.165, 1.54) is 116 Å². The van der Waals surface area contributed by atoms with Crippen LogP contribution in [0.5, 0.6) is 0 Å². The van der Waals surface area contributed by atoms with E-state index in [0.29, 0.717) is 0 Å². The van der Waals surface area contributed by atoms with Gasteiger partial charge >= 0.3 is 0 Å². The predicted octanol–water partition coefficient (Wildman–Crippen LogP) is 14.7. The Hall–Kier alpha value is -8.27. The molecule has 0 radical (unpaired) electrons. The molecule has 0 bridgehead atoms. The Morgan fingerprint density at radius 1 is 0.426 bits per heavy atom. The van der Waals surface area contributed by atoms with Crippen LogP contribution in [0.3, 0.4) is 0 Å². The molecule has 0 unspecified atom stereocenters. The number of fused-ring (bicyclic) bond motifs is 10. The standard InChI is InChI=1S/C65H47N3/c1-2-17-45(18-3-1)60-41-58(65-51-19-5-4-16-42(51)34-37-59(65)66-60)44-32-30-43(31-33-44)49-35-36-50(53-21-7-6-20-52(49)53)46-38-47(67-61-26-12-8-22-54(61)55-23-9-13-27-62(55)67)40-48(39-46)68-63-28-14-10-24-56(63)57-25-11-15-29-64(57)68/h1-10,12,14-24,26,28-34,37-41H,11,13,25,27,35-36H2. The van der Waals surface area contributed by atoms with Crippen LogP contribution in [-0.4, -0.2) is 14.1 Å². The molecule has 0 saturated carbocycles. The zero-order valence-corrected chi connectivity index (χ0v) is 37.8. The van der Waals surface area contributed by atoms with Crippen molar-refractivity contribution in [1.29, 1.82) is 0 Å². The van der Waals surface area contributed by atoms with Gasteiger partial charge in [0, 0.05) is 50.0 Å². The van der Waals surface area contributed by atoms with Crippen LogP contribution in [0.2, 0.25) is 0 Å². The fourth-order valence-corrected chi connectivity index (χ4v) is 11.9. The second-order valence-electron chi connectivity index (χ2n) is 18.7. The first-order chi connectivity index (χ1) is 33.7. The topological polar surface area (TPSA) is 22.8 Å². The third-order valence-corrected chi connectivity index (χ3v) is 15.0. The smallest absolute Gasteiger partial charge is 0.0722 e. The van der Waals surface area contributed by atoms with Gasteiger partial charge in [-0.1, -0.05) is 164 Å². The van der Waals surface area contributed by atoms with Crippen molar-refractivity contribution in [2.75, 3.05) is 0 Å². The van der Waals surface area contributed by atoms with Crippen LogP contribution in [0, 0.1) is 0 Å². The fourth-order valence-electron chi connectivity index (χ4n) is 11.9. The minimum Gasteiger partial charge on any atom is -0.313 e. The molecule has 3 aromatic heterocycles. The molecule has 322 valence electrons. The van der Waals surface area contributed by atoms with Gasteiger partial charge in [0.2, 0.25) is 0 Å². The van der Waals surface area contributed by atoms with Crippen molar-refractivity contribution in [2.24, 2.45) is 0 Å². The first-order valence-electron chi connectivity index (χ1n) is 24.3. The lowest BCUT2D eigenvalue weighted by atomic mass is 9.86. The first-order valence-corrected chi connectivity index (χ1v) is 24.3. The van der Waals surface area contributed by atoms with E-state index >= 15 is 0 Å². The lowest BCUT2D eigenvalue weighted by molar-refractivity contribution is 0.886. The first kappa shape index (κ1) is 38.9. The number of nitrogens with zero attached hydrogens (tertiary/aromatic N) is 3. The molecule has 0 spiro atoms. The molecule has 8 aromatic carbocycles. The Kier molecular flexibility index (Phi) is 8.98. The van der Waals surface area contributed by atoms with E-state index in [1.807, 2.05) is 0 Å². The average Bonchev–Trinajstić information content (AvgIpc) is 3.93. The van der Waals surface area contributed by atoms with Crippen LogP contribution in [0.15, 0.2) is 200 Å². The Morgan fingerprint density at radius 2 is 1.06 bits per heavy atom. The molecule has 3 aliphatic carbocycles. The highest BCUT2D eigenvalue weighted by atomic mass is 15.0. The van der Waals surface area contributed by atoms with Gasteiger partial charge in [0.05, 0.1) is 22.2 Å². The molecule has 3 heteroatoms. The summed E-state index contributed by atoms with van der Waals surface area (Å²) in [6, 6.07) is 69.9. The monoisotopic (exact) mass is 869 g/mol. The molecular weight excluding hydrogens is 823 g/mol. The summed E-state index contributed by atoms with van der Waals surface area (Å²) in [6.07, 6.45) is 15.5. The van der Waals surface area contributed by atoms with E-state index in [1.54, 1.807) is 0 Å². The van der Waals surface area contributed by atoms with Crippen molar-refractivity contribution in [3.8, 4) is 33.8 Å². The van der Waals surface area contributed by atoms with Crippen LogP contribution >= 0.6 is 0 Å². The largest absolute Gasteiger partial charge is 0.313 e. The molecule has 0 aliphatic heterocycles. The molecule has 14 rings (SSSR count). The summed E-state index contributed by atoms with van der Waals surface area (Å²) in [5.74, 6) is 0. The summed E-state index contributed by atoms with van der Waals surface area (Å²) >= 11 is 0. The summed E-state index contributed by atoms with van der Waals surface area (Å²) < 4.78 is 5.11. The van der Waals surface area contributed by atoms with E-state index in [9.17, 15) is 0 Å². The molecule has 68 heavy (non-hydrogen) atoms. The van der Waals surface area contributed by atoms with E-state index in [4.69, 9.17) is 4.98 Å². The number of benzene rings is 8. The highest BCUT2D eigenvalue weighted by Gasteiger charge is 2.24. The summed E-state index contributed by atoms with van der Waals surface area (Å²) in [7, 11) is 0. The van der Waals surface area contributed by atoms with Crippen molar-refractivity contribution in [3.63, 3.8) is 0 Å². The van der Waals surface area contributed by atoms with Crippen molar-refractivity contribution >= 4 is 66.8 Å². The fraction of sp³-hybridized carbons (Fsp3) is 0.0923. The molecule has 3 aliphatic rings. The summed E-state index contributed by atoms with van der Waals surface area (Å²) in [5.41, 5.74) is 21.4. The van der Waals surface area contributed by atoms with Gasteiger partial charge in [-0.05, 0) is 147 Å². The van der Waals surface area contributed by atoms with Crippen LogP contribution in [-0.2, 0) is 12.8 Å². The predicted molar refractivity (Wildman–Crippen MR) is 285 cm³/mol. The van der Waals surface area contributed by atoms with Crippen molar-refractivity contribution in [2.45, 2.75) is 38.5 Å². The van der Waals surface area contributed by atoms with Gasteiger partial charge in [-0.2, -0.15) is 0 Å². The minimum atomic E-state index is 0.941. The lowest BCUT2D eigenvalue weighted by Crippen LogP contribution is -2.32. The van der Waals surface area contributed by atoms with Crippen LogP contribution in [0.1, 0.15) is 59.3 Å². The second kappa shape index (κ2) is 15.7. The molecule has 0 amide bonds. The maximum Gasteiger partial charge on any atom is 0.0722 e. The Balaban J connectivity index is 0.964. The van der Waals surface area contributed by atoms with Gasteiger partial charge in [0.25, 0.3) is 0 Å². The maximum atomic E-state index is 5.22. The van der Waals surface area contributed by atoms with Crippen LogP contribution in [0.25, 0.3) is 101 Å². The average molecular weight is 870 g/mol. The molecule has 0 atom stereocenters. The molecule has 11 aromatic rings. The lowest BCUT2D eigenvalue weighted by Gasteiger charge is -2.22. The van der Waals surface area contributed by atoms with Crippen molar-refractivity contribution in [1.82, 2.24) is 14.1 Å². The van der Waals surface area contributed by atoms with E-state index in [0.717, 1.165) is 55.3 Å². The van der Waals surface area contributed by atoms with Crippen molar-refractivity contribution in [3.05, 3.63) is 244 Å². The third kappa shape index (κ3) is 6.16. The van der Waals surface area contributed by atoms with Gasteiger partial charge < -0.3 is 9.13 Å². The summed E-state index contributed by atoms with van der Waals surface area (Å²) in [6.45, 7) is 0. The second-order valence-corrected chi connectivity index (χ2v) is 18.7. The van der Waals surface area contributed by atoms with Gasteiger partial charge in [0.15, 0.2) is 0 Å².